The third kappa shape index (κ3) is 2.73. The molecule has 0 aliphatic carbocycles. The fraction of sp³-hybridized carbons (Fsp3) is 0.0476. The van der Waals surface area contributed by atoms with Gasteiger partial charge in [0, 0.05) is 11.3 Å². The van der Waals surface area contributed by atoms with Crippen LogP contribution in [0.3, 0.4) is 0 Å². The first-order valence-corrected chi connectivity index (χ1v) is 8.71. The van der Waals surface area contributed by atoms with Gasteiger partial charge < -0.3 is 10.1 Å². The summed E-state index contributed by atoms with van der Waals surface area (Å²) in [5.74, 6) is -0.757. The lowest BCUT2D eigenvalue weighted by Crippen LogP contribution is -2.10. The summed E-state index contributed by atoms with van der Waals surface area (Å²) in [6.07, 6.45) is 0. The number of nitrogens with zero attached hydrogens (tertiary/aromatic N) is 2. The smallest absolute Gasteiger partial charge is 0.270 e. The number of hydrogen-bond acceptors (Lipinski definition) is 3. The summed E-state index contributed by atoms with van der Waals surface area (Å²) in [5, 5.41) is 19.8. The topological polar surface area (TPSA) is 81.8 Å². The maximum atomic E-state index is 14.2. The van der Waals surface area contributed by atoms with E-state index in [9.17, 15) is 14.3 Å². The first-order valence-electron chi connectivity index (χ1n) is 8.34. The number of aromatic amines is 1. The van der Waals surface area contributed by atoms with E-state index in [4.69, 9.17) is 16.9 Å². The van der Waals surface area contributed by atoms with Crippen LogP contribution in [0, 0.1) is 24.1 Å². The molecule has 0 fully saturated rings. The fourth-order valence-electron chi connectivity index (χ4n) is 3.22. The average Bonchev–Trinajstić information content (AvgIpc) is 2.98. The number of aryl methyl sites for hydroxylation is 1. The predicted molar refractivity (Wildman–Crippen MR) is 105 cm³/mol. The standard InChI is InChI=1S/C21H13ClFN3O2/c1-11-2-7-14(16(23)8-11)12-3-5-13(6-4-12)26-18(22)9-17-19(26)20(27)15(10-24)21(28)25-17/h2-9H,1H3,(H2,25,27,28). The Morgan fingerprint density at radius 3 is 2.54 bits per heavy atom. The molecule has 138 valence electrons. The van der Waals surface area contributed by atoms with Gasteiger partial charge in [0.05, 0.1) is 5.52 Å². The summed E-state index contributed by atoms with van der Waals surface area (Å²) in [4.78, 5) is 14.4. The van der Waals surface area contributed by atoms with E-state index in [0.29, 0.717) is 22.3 Å². The van der Waals surface area contributed by atoms with Gasteiger partial charge in [-0.1, -0.05) is 35.9 Å². The predicted octanol–water partition coefficient (Wildman–Crippen LogP) is 4.66. The highest BCUT2D eigenvalue weighted by Gasteiger charge is 2.19. The van der Waals surface area contributed by atoms with Crippen molar-refractivity contribution < 1.29 is 9.50 Å². The van der Waals surface area contributed by atoms with Crippen molar-refractivity contribution in [3.8, 4) is 28.6 Å². The number of nitriles is 1. The summed E-state index contributed by atoms with van der Waals surface area (Å²) in [7, 11) is 0. The van der Waals surface area contributed by atoms with Gasteiger partial charge in [0.15, 0.2) is 11.3 Å². The molecule has 0 saturated carbocycles. The van der Waals surface area contributed by atoms with Gasteiger partial charge in [-0.3, -0.25) is 9.36 Å². The molecule has 28 heavy (non-hydrogen) atoms. The minimum absolute atomic E-state index is 0.218. The van der Waals surface area contributed by atoms with Crippen molar-refractivity contribution >= 4 is 22.6 Å². The quantitative estimate of drug-likeness (QED) is 0.519. The molecule has 2 heterocycles. The molecule has 0 saturated heterocycles. The number of nitrogens with one attached hydrogen (secondary N) is 1. The molecule has 4 rings (SSSR count). The fourth-order valence-corrected chi connectivity index (χ4v) is 3.51. The van der Waals surface area contributed by atoms with E-state index < -0.39 is 11.3 Å². The van der Waals surface area contributed by atoms with Crippen molar-refractivity contribution in [2.24, 2.45) is 0 Å². The lowest BCUT2D eigenvalue weighted by Gasteiger charge is -2.10. The molecular weight excluding hydrogens is 381 g/mol. The SMILES string of the molecule is Cc1ccc(-c2ccc(-n3c(Cl)cc4[nH]c(=O)c(C#N)c(O)c43)cc2)c(F)c1. The van der Waals surface area contributed by atoms with Crippen molar-refractivity contribution in [1.29, 1.82) is 5.26 Å². The molecule has 0 unspecified atom stereocenters. The second-order valence-corrected chi connectivity index (χ2v) is 6.77. The zero-order chi connectivity index (χ0) is 20.0. The van der Waals surface area contributed by atoms with E-state index in [1.54, 1.807) is 36.4 Å². The van der Waals surface area contributed by atoms with Crippen molar-refractivity contribution in [1.82, 2.24) is 9.55 Å². The van der Waals surface area contributed by atoms with Crippen LogP contribution in [-0.2, 0) is 0 Å². The zero-order valence-electron chi connectivity index (χ0n) is 14.6. The van der Waals surface area contributed by atoms with Gasteiger partial charge in [-0.25, -0.2) is 4.39 Å². The Labute approximate surface area is 163 Å². The van der Waals surface area contributed by atoms with Crippen LogP contribution in [0.5, 0.6) is 5.75 Å². The molecule has 5 nitrogen and oxygen atoms in total. The van der Waals surface area contributed by atoms with E-state index >= 15 is 0 Å². The van der Waals surface area contributed by atoms with Crippen molar-refractivity contribution in [2.75, 3.05) is 0 Å². The van der Waals surface area contributed by atoms with Crippen molar-refractivity contribution in [3.05, 3.63) is 81.0 Å². The molecule has 0 atom stereocenters. The number of benzene rings is 2. The molecule has 4 aromatic rings. The van der Waals surface area contributed by atoms with Crippen LogP contribution in [0.4, 0.5) is 4.39 Å². The molecule has 0 radical (unpaired) electrons. The Bertz CT molecular complexity index is 1330. The van der Waals surface area contributed by atoms with Crippen LogP contribution < -0.4 is 5.56 Å². The zero-order valence-corrected chi connectivity index (χ0v) is 15.4. The number of aromatic hydroxyl groups is 1. The van der Waals surface area contributed by atoms with Crippen LogP contribution in [0.15, 0.2) is 53.3 Å². The molecule has 2 aromatic carbocycles. The molecule has 0 aliphatic heterocycles. The average molecular weight is 394 g/mol. The molecule has 2 aromatic heterocycles. The molecular formula is C21H13ClFN3O2. The van der Waals surface area contributed by atoms with Gasteiger partial charge in [-0.2, -0.15) is 5.26 Å². The maximum Gasteiger partial charge on any atom is 0.270 e. The van der Waals surface area contributed by atoms with Gasteiger partial charge in [-0.15, -0.1) is 0 Å². The number of hydrogen-bond donors (Lipinski definition) is 2. The Morgan fingerprint density at radius 1 is 1.18 bits per heavy atom. The lowest BCUT2D eigenvalue weighted by molar-refractivity contribution is 0.476. The van der Waals surface area contributed by atoms with Gasteiger partial charge in [0.2, 0.25) is 0 Å². The first kappa shape index (κ1) is 17.8. The Morgan fingerprint density at radius 2 is 1.89 bits per heavy atom. The van der Waals surface area contributed by atoms with Gasteiger partial charge in [0.1, 0.15) is 22.6 Å². The number of rotatable bonds is 2. The molecule has 0 amide bonds. The summed E-state index contributed by atoms with van der Waals surface area (Å²) in [5.41, 5.74) is 2.02. The number of pyridine rings is 1. The number of aromatic nitrogens is 2. The van der Waals surface area contributed by atoms with Crippen LogP contribution in [0.25, 0.3) is 27.8 Å². The van der Waals surface area contributed by atoms with Crippen molar-refractivity contribution in [2.45, 2.75) is 6.92 Å². The van der Waals surface area contributed by atoms with Gasteiger partial charge >= 0.3 is 0 Å². The second-order valence-electron chi connectivity index (χ2n) is 6.38. The summed E-state index contributed by atoms with van der Waals surface area (Å²) in [6, 6.07) is 15.1. The maximum absolute atomic E-state index is 14.2. The second kappa shape index (κ2) is 6.55. The van der Waals surface area contributed by atoms with E-state index in [2.05, 4.69) is 4.98 Å². The van der Waals surface area contributed by atoms with Crippen LogP contribution in [0.1, 0.15) is 11.1 Å². The lowest BCUT2D eigenvalue weighted by atomic mass is 10.0. The summed E-state index contributed by atoms with van der Waals surface area (Å²) >= 11 is 6.31. The minimum atomic E-state index is -0.688. The Kier molecular flexibility index (Phi) is 4.17. The molecule has 7 heteroatoms. The molecule has 0 spiro atoms. The van der Waals surface area contributed by atoms with Gasteiger partial charge in [0.25, 0.3) is 5.56 Å². The van der Waals surface area contributed by atoms with Crippen LogP contribution >= 0.6 is 11.6 Å². The third-order valence-electron chi connectivity index (χ3n) is 4.57. The normalized spacial score (nSPS) is 10.9. The Balaban J connectivity index is 1.88. The molecule has 2 N–H and O–H groups in total. The monoisotopic (exact) mass is 393 g/mol. The minimum Gasteiger partial charge on any atom is -0.504 e. The number of H-pyrrole nitrogens is 1. The first-order chi connectivity index (χ1) is 13.4. The van der Waals surface area contributed by atoms with Crippen LogP contribution in [0.2, 0.25) is 5.15 Å². The Hall–Kier alpha value is -3.56. The highest BCUT2D eigenvalue weighted by atomic mass is 35.5. The van der Waals surface area contributed by atoms with E-state index in [-0.39, 0.29) is 22.1 Å². The number of halogens is 2. The highest BCUT2D eigenvalue weighted by Crippen LogP contribution is 2.34. The third-order valence-corrected chi connectivity index (χ3v) is 4.84. The molecule has 0 bridgehead atoms. The largest absolute Gasteiger partial charge is 0.504 e. The number of fused-ring (bicyclic) bond motifs is 1. The van der Waals surface area contributed by atoms with E-state index in [0.717, 1.165) is 5.56 Å². The van der Waals surface area contributed by atoms with E-state index in [1.165, 1.54) is 16.7 Å². The highest BCUT2D eigenvalue weighted by molar-refractivity contribution is 6.31. The summed E-state index contributed by atoms with van der Waals surface area (Å²) in [6.45, 7) is 1.82. The van der Waals surface area contributed by atoms with Crippen LogP contribution in [-0.4, -0.2) is 14.7 Å². The van der Waals surface area contributed by atoms with E-state index in [1.807, 2.05) is 13.0 Å². The molecule has 0 aliphatic rings. The summed E-state index contributed by atoms with van der Waals surface area (Å²) < 4.78 is 15.7. The van der Waals surface area contributed by atoms with Gasteiger partial charge in [-0.05, 0) is 42.3 Å². The van der Waals surface area contributed by atoms with Crippen molar-refractivity contribution in [3.63, 3.8) is 0 Å².